The number of carbonyl (C=O) groups is 2. The normalized spacial score (nSPS) is 15.0. The van der Waals surface area contributed by atoms with Gasteiger partial charge in [-0.3, -0.25) is 9.59 Å². The van der Waals surface area contributed by atoms with E-state index in [2.05, 4.69) is 0 Å². The SMILES string of the molecule is COC(=O)c1ccc([C@@H]2c3c(oc4ccc(C)cc4c3=O)C(=O)N2Cc2ccccc2)cc1. The third-order valence-electron chi connectivity index (χ3n) is 5.96. The van der Waals surface area contributed by atoms with Crippen molar-refractivity contribution in [1.82, 2.24) is 4.90 Å². The van der Waals surface area contributed by atoms with Crippen LogP contribution in [-0.2, 0) is 11.3 Å². The van der Waals surface area contributed by atoms with Crippen LogP contribution in [-0.4, -0.2) is 23.9 Å². The Balaban J connectivity index is 1.70. The highest BCUT2D eigenvalue weighted by Crippen LogP contribution is 2.39. The van der Waals surface area contributed by atoms with Crippen molar-refractivity contribution >= 4 is 22.8 Å². The molecule has 1 aromatic heterocycles. The standard InChI is InChI=1S/C27H21NO5/c1-16-8-13-21-20(14-16)24(29)22-23(18-9-11-19(12-10-18)27(31)32-2)28(26(30)25(22)33-21)15-17-6-4-3-5-7-17/h3-14,23H,15H2,1-2H3/t23-/m1/s1. The average Bonchev–Trinajstić information content (AvgIpc) is 3.11. The molecule has 6 nitrogen and oxygen atoms in total. The molecule has 0 fully saturated rings. The van der Waals surface area contributed by atoms with Crippen molar-refractivity contribution in [3.8, 4) is 0 Å². The predicted molar refractivity (Wildman–Crippen MR) is 123 cm³/mol. The summed E-state index contributed by atoms with van der Waals surface area (Å²) in [7, 11) is 1.32. The first-order valence-corrected chi connectivity index (χ1v) is 10.6. The molecule has 0 saturated carbocycles. The van der Waals surface area contributed by atoms with Gasteiger partial charge in [-0.15, -0.1) is 0 Å². The number of benzene rings is 3. The van der Waals surface area contributed by atoms with Gasteiger partial charge in [0.15, 0.2) is 5.43 Å². The molecule has 4 aromatic rings. The van der Waals surface area contributed by atoms with Gasteiger partial charge in [0.25, 0.3) is 5.91 Å². The van der Waals surface area contributed by atoms with Crippen LogP contribution < -0.4 is 5.43 Å². The first-order chi connectivity index (χ1) is 16.0. The van der Waals surface area contributed by atoms with Gasteiger partial charge in [-0.1, -0.05) is 54.1 Å². The Labute approximate surface area is 190 Å². The van der Waals surface area contributed by atoms with Crippen molar-refractivity contribution < 1.29 is 18.7 Å². The smallest absolute Gasteiger partial charge is 0.337 e. The van der Waals surface area contributed by atoms with E-state index in [1.165, 1.54) is 7.11 Å². The summed E-state index contributed by atoms with van der Waals surface area (Å²) in [6.45, 7) is 2.21. The quantitative estimate of drug-likeness (QED) is 0.433. The number of hydrogen-bond acceptors (Lipinski definition) is 5. The molecule has 0 radical (unpaired) electrons. The highest BCUT2D eigenvalue weighted by atomic mass is 16.5. The molecule has 0 N–H and O–H groups in total. The number of ether oxygens (including phenoxy) is 1. The molecule has 164 valence electrons. The van der Waals surface area contributed by atoms with Gasteiger partial charge in [0.2, 0.25) is 5.76 Å². The Morgan fingerprint density at radius 2 is 1.73 bits per heavy atom. The lowest BCUT2D eigenvalue weighted by Crippen LogP contribution is -2.29. The minimum absolute atomic E-state index is 0.0642. The molecule has 0 saturated heterocycles. The van der Waals surface area contributed by atoms with Crippen molar-refractivity contribution in [3.05, 3.63) is 117 Å². The summed E-state index contributed by atoms with van der Waals surface area (Å²) in [4.78, 5) is 40.6. The van der Waals surface area contributed by atoms with Crippen molar-refractivity contribution in [2.24, 2.45) is 0 Å². The fraction of sp³-hybridized carbons (Fsp3) is 0.148. The number of aryl methyl sites for hydroxylation is 1. The van der Waals surface area contributed by atoms with Crippen LogP contribution in [0.5, 0.6) is 0 Å². The Morgan fingerprint density at radius 1 is 1.00 bits per heavy atom. The second-order valence-corrected chi connectivity index (χ2v) is 8.11. The molecular weight excluding hydrogens is 418 g/mol. The minimum atomic E-state index is -0.638. The van der Waals surface area contributed by atoms with E-state index in [9.17, 15) is 14.4 Å². The average molecular weight is 439 g/mol. The summed E-state index contributed by atoms with van der Waals surface area (Å²) in [5, 5.41) is 0.444. The monoisotopic (exact) mass is 439 g/mol. The summed E-state index contributed by atoms with van der Waals surface area (Å²) < 4.78 is 10.8. The maximum absolute atomic E-state index is 13.6. The Bertz CT molecular complexity index is 1440. The third kappa shape index (κ3) is 3.49. The molecule has 0 unspecified atom stereocenters. The molecule has 33 heavy (non-hydrogen) atoms. The lowest BCUT2D eigenvalue weighted by Gasteiger charge is -2.25. The van der Waals surface area contributed by atoms with Crippen LogP contribution in [0.3, 0.4) is 0 Å². The molecule has 0 bridgehead atoms. The molecule has 1 aliphatic rings. The van der Waals surface area contributed by atoms with Crippen molar-refractivity contribution in [1.29, 1.82) is 0 Å². The van der Waals surface area contributed by atoms with Crippen LogP contribution in [0, 0.1) is 6.92 Å². The third-order valence-corrected chi connectivity index (χ3v) is 5.96. The topological polar surface area (TPSA) is 76.8 Å². The summed E-state index contributed by atoms with van der Waals surface area (Å²) in [5.74, 6) is -0.726. The molecule has 0 spiro atoms. The van der Waals surface area contributed by atoms with E-state index >= 15 is 0 Å². The van der Waals surface area contributed by atoms with E-state index in [1.54, 1.807) is 41.3 Å². The van der Waals surface area contributed by atoms with E-state index < -0.39 is 12.0 Å². The number of nitrogens with zero attached hydrogens (tertiary/aromatic N) is 1. The lowest BCUT2D eigenvalue weighted by atomic mass is 9.97. The molecule has 5 rings (SSSR count). The number of rotatable bonds is 4. The Morgan fingerprint density at radius 3 is 2.42 bits per heavy atom. The molecule has 0 aliphatic carbocycles. The maximum Gasteiger partial charge on any atom is 0.337 e. The van der Waals surface area contributed by atoms with Gasteiger partial charge in [0.1, 0.15) is 5.58 Å². The molecule has 6 heteroatoms. The van der Waals surface area contributed by atoms with Gasteiger partial charge in [-0.2, -0.15) is 0 Å². The lowest BCUT2D eigenvalue weighted by molar-refractivity contribution is 0.0599. The number of hydrogen-bond donors (Lipinski definition) is 0. The molecular formula is C27H21NO5. The number of fused-ring (bicyclic) bond motifs is 2. The predicted octanol–water partition coefficient (Wildman–Crippen LogP) is 4.63. The molecule has 1 aliphatic heterocycles. The number of amides is 1. The van der Waals surface area contributed by atoms with Gasteiger partial charge in [-0.05, 0) is 42.3 Å². The van der Waals surface area contributed by atoms with Gasteiger partial charge in [0.05, 0.1) is 29.7 Å². The van der Waals surface area contributed by atoms with Crippen molar-refractivity contribution in [2.45, 2.75) is 19.5 Å². The Hall–Kier alpha value is -4.19. The van der Waals surface area contributed by atoms with Crippen LogP contribution in [0.4, 0.5) is 0 Å². The largest absolute Gasteiger partial charge is 0.465 e. The number of methoxy groups -OCH3 is 1. The highest BCUT2D eigenvalue weighted by molar-refractivity contribution is 5.99. The molecule has 3 aromatic carbocycles. The van der Waals surface area contributed by atoms with Crippen LogP contribution >= 0.6 is 0 Å². The van der Waals surface area contributed by atoms with Gasteiger partial charge < -0.3 is 14.1 Å². The zero-order chi connectivity index (χ0) is 23.1. The summed E-state index contributed by atoms with van der Waals surface area (Å²) in [5.41, 5.74) is 3.45. The highest BCUT2D eigenvalue weighted by Gasteiger charge is 2.42. The van der Waals surface area contributed by atoms with E-state index in [0.29, 0.717) is 34.2 Å². The molecule has 1 amide bonds. The summed E-state index contributed by atoms with van der Waals surface area (Å²) in [6, 6.07) is 21.1. The zero-order valence-corrected chi connectivity index (χ0v) is 18.2. The minimum Gasteiger partial charge on any atom is -0.465 e. The van der Waals surface area contributed by atoms with E-state index in [1.807, 2.05) is 43.3 Å². The number of carbonyl (C=O) groups excluding carboxylic acids is 2. The first kappa shape index (κ1) is 20.7. The van der Waals surface area contributed by atoms with Crippen LogP contribution in [0.2, 0.25) is 0 Å². The second kappa shape index (κ2) is 8.06. The van der Waals surface area contributed by atoms with E-state index in [-0.39, 0.29) is 17.1 Å². The fourth-order valence-electron chi connectivity index (χ4n) is 4.34. The fourth-order valence-corrected chi connectivity index (χ4v) is 4.34. The summed E-state index contributed by atoms with van der Waals surface area (Å²) >= 11 is 0. The zero-order valence-electron chi connectivity index (χ0n) is 18.2. The van der Waals surface area contributed by atoms with E-state index in [0.717, 1.165) is 11.1 Å². The first-order valence-electron chi connectivity index (χ1n) is 10.6. The summed E-state index contributed by atoms with van der Waals surface area (Å²) in [6.07, 6.45) is 0. The van der Waals surface area contributed by atoms with E-state index in [4.69, 9.17) is 9.15 Å². The van der Waals surface area contributed by atoms with Crippen LogP contribution in [0.25, 0.3) is 11.0 Å². The molecule has 2 heterocycles. The molecule has 1 atom stereocenters. The van der Waals surface area contributed by atoms with Gasteiger partial charge in [0, 0.05) is 6.54 Å². The van der Waals surface area contributed by atoms with Crippen molar-refractivity contribution in [3.63, 3.8) is 0 Å². The van der Waals surface area contributed by atoms with Gasteiger partial charge in [-0.25, -0.2) is 4.79 Å². The second-order valence-electron chi connectivity index (χ2n) is 8.11. The van der Waals surface area contributed by atoms with Crippen LogP contribution in [0.15, 0.2) is 82.0 Å². The Kier molecular flexibility index (Phi) is 5.05. The van der Waals surface area contributed by atoms with Crippen molar-refractivity contribution in [2.75, 3.05) is 7.11 Å². The maximum atomic E-state index is 13.6. The van der Waals surface area contributed by atoms with Gasteiger partial charge >= 0.3 is 5.97 Å². The number of esters is 1. The van der Waals surface area contributed by atoms with Crippen LogP contribution in [0.1, 0.15) is 49.2 Å².